The molecule has 1 amide bonds. The van der Waals surface area contributed by atoms with Crippen LogP contribution in [-0.2, 0) is 0 Å². The number of nitro benzene ring substituents is 1. The number of aromatic nitrogens is 1. The van der Waals surface area contributed by atoms with Crippen LogP contribution in [0.15, 0.2) is 42.5 Å². The molecular weight excluding hydrogens is 411 g/mol. The Kier molecular flexibility index (Phi) is 5.26. The SMILES string of the molecule is Cc1nc2cc(F)ccc2cc1C(=O)N1CCN(c2ccc(Cl)cc2[N+](=O)[O-])CC1. The molecule has 30 heavy (non-hydrogen) atoms. The van der Waals surface area contributed by atoms with Gasteiger partial charge in [-0.2, -0.15) is 0 Å². The number of piperazine rings is 1. The van der Waals surface area contributed by atoms with Crippen molar-refractivity contribution in [3.05, 3.63) is 74.7 Å². The van der Waals surface area contributed by atoms with E-state index in [1.54, 1.807) is 36.1 Å². The van der Waals surface area contributed by atoms with Crippen molar-refractivity contribution >= 4 is 39.8 Å². The molecule has 0 spiro atoms. The average Bonchev–Trinajstić information content (AvgIpc) is 2.72. The van der Waals surface area contributed by atoms with E-state index in [4.69, 9.17) is 11.6 Å². The fourth-order valence-corrected chi connectivity index (χ4v) is 3.85. The highest BCUT2D eigenvalue weighted by Gasteiger charge is 2.27. The van der Waals surface area contributed by atoms with Gasteiger partial charge < -0.3 is 9.80 Å². The van der Waals surface area contributed by atoms with Gasteiger partial charge in [0, 0.05) is 48.7 Å². The van der Waals surface area contributed by atoms with Crippen LogP contribution in [0.1, 0.15) is 16.1 Å². The number of pyridine rings is 1. The summed E-state index contributed by atoms with van der Waals surface area (Å²) >= 11 is 5.89. The first-order chi connectivity index (χ1) is 14.3. The Balaban J connectivity index is 1.53. The van der Waals surface area contributed by atoms with Gasteiger partial charge in [0.1, 0.15) is 11.5 Å². The summed E-state index contributed by atoms with van der Waals surface area (Å²) in [5.41, 5.74) is 1.95. The van der Waals surface area contributed by atoms with Gasteiger partial charge >= 0.3 is 0 Å². The van der Waals surface area contributed by atoms with Gasteiger partial charge in [0.2, 0.25) is 0 Å². The average molecular weight is 429 g/mol. The second kappa shape index (κ2) is 7.87. The Morgan fingerprint density at radius 2 is 1.87 bits per heavy atom. The molecule has 9 heteroatoms. The second-order valence-electron chi connectivity index (χ2n) is 7.13. The largest absolute Gasteiger partial charge is 0.362 e. The fourth-order valence-electron chi connectivity index (χ4n) is 3.68. The molecule has 0 unspecified atom stereocenters. The molecular formula is C21H18ClFN4O3. The summed E-state index contributed by atoms with van der Waals surface area (Å²) in [5.74, 6) is -0.530. The smallest absolute Gasteiger partial charge is 0.294 e. The van der Waals surface area contributed by atoms with Gasteiger partial charge in [-0.25, -0.2) is 4.39 Å². The van der Waals surface area contributed by atoms with Crippen LogP contribution in [0.3, 0.4) is 0 Å². The van der Waals surface area contributed by atoms with Gasteiger partial charge in [0.15, 0.2) is 0 Å². The van der Waals surface area contributed by atoms with Crippen LogP contribution in [0.5, 0.6) is 0 Å². The van der Waals surface area contributed by atoms with E-state index < -0.39 is 4.92 Å². The van der Waals surface area contributed by atoms with Crippen LogP contribution < -0.4 is 4.90 Å². The number of hydrogen-bond acceptors (Lipinski definition) is 5. The molecule has 2 aromatic carbocycles. The van der Waals surface area contributed by atoms with Crippen molar-refractivity contribution < 1.29 is 14.1 Å². The number of carbonyl (C=O) groups excluding carboxylic acids is 1. The summed E-state index contributed by atoms with van der Waals surface area (Å²) in [6.07, 6.45) is 0. The standard InChI is InChI=1S/C21H18ClFN4O3/c1-13-17(10-14-2-4-16(23)12-18(14)24-13)21(28)26-8-6-25(7-9-26)19-5-3-15(22)11-20(19)27(29)30/h2-5,10-12H,6-9H2,1H3. The number of hydrogen-bond donors (Lipinski definition) is 0. The summed E-state index contributed by atoms with van der Waals surface area (Å²) in [7, 11) is 0. The van der Waals surface area contributed by atoms with Crippen molar-refractivity contribution in [3.63, 3.8) is 0 Å². The molecule has 0 atom stereocenters. The molecule has 154 valence electrons. The molecule has 2 heterocycles. The summed E-state index contributed by atoms with van der Waals surface area (Å²) in [5, 5.41) is 12.4. The molecule has 0 aliphatic carbocycles. The van der Waals surface area contributed by atoms with Gasteiger partial charge in [-0.3, -0.25) is 19.9 Å². The summed E-state index contributed by atoms with van der Waals surface area (Å²) in [6.45, 7) is 3.48. The van der Waals surface area contributed by atoms with Gasteiger partial charge in [-0.15, -0.1) is 0 Å². The Hall–Kier alpha value is -3.26. The van der Waals surface area contributed by atoms with E-state index in [1.165, 1.54) is 18.2 Å². The van der Waals surface area contributed by atoms with Gasteiger partial charge in [0.25, 0.3) is 11.6 Å². The minimum absolute atomic E-state index is 0.0518. The van der Waals surface area contributed by atoms with E-state index >= 15 is 0 Å². The molecule has 1 aromatic heterocycles. The highest BCUT2D eigenvalue weighted by Crippen LogP contribution is 2.32. The Bertz CT molecular complexity index is 1160. The summed E-state index contributed by atoms with van der Waals surface area (Å²) in [4.78, 5) is 31.9. The fraction of sp³-hybridized carbons (Fsp3) is 0.238. The Labute approximate surface area is 176 Å². The number of aryl methyl sites for hydroxylation is 1. The van der Waals surface area contributed by atoms with E-state index in [9.17, 15) is 19.3 Å². The minimum atomic E-state index is -0.453. The summed E-state index contributed by atoms with van der Waals surface area (Å²) < 4.78 is 13.4. The van der Waals surface area contributed by atoms with E-state index in [0.717, 1.165) is 0 Å². The molecule has 1 saturated heterocycles. The van der Waals surface area contributed by atoms with Crippen molar-refractivity contribution in [2.45, 2.75) is 6.92 Å². The van der Waals surface area contributed by atoms with E-state index in [0.29, 0.717) is 59.0 Å². The van der Waals surface area contributed by atoms with Crippen LogP contribution in [0.25, 0.3) is 10.9 Å². The zero-order valence-electron chi connectivity index (χ0n) is 16.1. The van der Waals surface area contributed by atoms with Crippen LogP contribution in [-0.4, -0.2) is 46.9 Å². The monoisotopic (exact) mass is 428 g/mol. The molecule has 0 saturated carbocycles. The van der Waals surface area contributed by atoms with Gasteiger partial charge in [0.05, 0.1) is 21.7 Å². The molecule has 4 rings (SSSR count). The number of anilines is 1. The van der Waals surface area contributed by atoms with Crippen molar-refractivity contribution in [1.29, 1.82) is 0 Å². The third-order valence-electron chi connectivity index (χ3n) is 5.24. The topological polar surface area (TPSA) is 79.6 Å². The molecule has 1 fully saturated rings. The predicted molar refractivity (Wildman–Crippen MR) is 113 cm³/mol. The third-order valence-corrected chi connectivity index (χ3v) is 5.48. The van der Waals surface area contributed by atoms with Gasteiger partial charge in [-0.1, -0.05) is 11.6 Å². The zero-order chi connectivity index (χ0) is 21.4. The normalized spacial score (nSPS) is 14.2. The number of fused-ring (bicyclic) bond motifs is 1. The minimum Gasteiger partial charge on any atom is -0.362 e. The first-order valence-electron chi connectivity index (χ1n) is 9.38. The van der Waals surface area contributed by atoms with Crippen LogP contribution >= 0.6 is 11.6 Å². The maximum atomic E-state index is 13.4. The predicted octanol–water partition coefficient (Wildman–Crippen LogP) is 4.21. The summed E-state index contributed by atoms with van der Waals surface area (Å²) in [6, 6.07) is 10.6. The van der Waals surface area contributed by atoms with Crippen molar-refractivity contribution in [2.24, 2.45) is 0 Å². The maximum absolute atomic E-state index is 13.4. The number of nitrogens with zero attached hydrogens (tertiary/aromatic N) is 4. The van der Waals surface area contributed by atoms with Crippen LogP contribution in [0, 0.1) is 22.9 Å². The number of rotatable bonds is 3. The van der Waals surface area contributed by atoms with Crippen LogP contribution in [0.4, 0.5) is 15.8 Å². The highest BCUT2D eigenvalue weighted by atomic mass is 35.5. The first-order valence-corrected chi connectivity index (χ1v) is 9.76. The number of amides is 1. The number of nitro groups is 1. The number of carbonyl (C=O) groups is 1. The molecule has 0 N–H and O–H groups in total. The lowest BCUT2D eigenvalue weighted by Crippen LogP contribution is -2.49. The van der Waals surface area contributed by atoms with Crippen LogP contribution in [0.2, 0.25) is 5.02 Å². The lowest BCUT2D eigenvalue weighted by molar-refractivity contribution is -0.384. The Morgan fingerprint density at radius 3 is 2.57 bits per heavy atom. The van der Waals surface area contributed by atoms with Crippen molar-refractivity contribution in [1.82, 2.24) is 9.88 Å². The molecule has 1 aliphatic heterocycles. The van der Waals surface area contributed by atoms with E-state index in [2.05, 4.69) is 4.98 Å². The lowest BCUT2D eigenvalue weighted by atomic mass is 10.1. The van der Waals surface area contributed by atoms with Gasteiger partial charge in [-0.05, 0) is 37.3 Å². The number of benzene rings is 2. The van der Waals surface area contributed by atoms with Crippen molar-refractivity contribution in [3.8, 4) is 0 Å². The van der Waals surface area contributed by atoms with Crippen molar-refractivity contribution in [2.75, 3.05) is 31.1 Å². The quantitative estimate of drug-likeness (QED) is 0.461. The van der Waals surface area contributed by atoms with E-state index in [1.807, 2.05) is 4.90 Å². The second-order valence-corrected chi connectivity index (χ2v) is 7.56. The Morgan fingerprint density at radius 1 is 1.13 bits per heavy atom. The number of halogens is 2. The maximum Gasteiger partial charge on any atom is 0.294 e. The molecule has 0 radical (unpaired) electrons. The molecule has 1 aliphatic rings. The highest BCUT2D eigenvalue weighted by molar-refractivity contribution is 6.30. The lowest BCUT2D eigenvalue weighted by Gasteiger charge is -2.36. The molecule has 0 bridgehead atoms. The zero-order valence-corrected chi connectivity index (χ0v) is 16.9. The van der Waals surface area contributed by atoms with E-state index in [-0.39, 0.29) is 17.4 Å². The molecule has 3 aromatic rings. The third kappa shape index (κ3) is 3.78. The molecule has 7 nitrogen and oxygen atoms in total. The first kappa shape index (κ1) is 20.0.